The molecule has 5 heteroatoms. The highest BCUT2D eigenvalue weighted by Crippen LogP contribution is 2.31. The summed E-state index contributed by atoms with van der Waals surface area (Å²) >= 11 is 1.52. The van der Waals surface area contributed by atoms with Crippen molar-refractivity contribution in [1.82, 2.24) is 4.98 Å². The second kappa shape index (κ2) is 5.75. The molecule has 0 spiro atoms. The van der Waals surface area contributed by atoms with Gasteiger partial charge in [0.05, 0.1) is 5.56 Å². The normalized spacial score (nSPS) is 11.6. The number of oxime groups is 1. The summed E-state index contributed by atoms with van der Waals surface area (Å²) in [6.07, 6.45) is 1.70. The number of benzene rings is 1. The first-order chi connectivity index (χ1) is 9.11. The second-order valence-corrected chi connectivity index (χ2v) is 5.24. The molecule has 0 aliphatic rings. The molecule has 1 aromatic carbocycles. The van der Waals surface area contributed by atoms with E-state index >= 15 is 0 Å². The summed E-state index contributed by atoms with van der Waals surface area (Å²) in [6.45, 7) is 4.10. The van der Waals surface area contributed by atoms with Gasteiger partial charge in [-0.1, -0.05) is 29.1 Å². The van der Waals surface area contributed by atoms with Crippen LogP contribution in [0.15, 0.2) is 51.6 Å². The van der Waals surface area contributed by atoms with E-state index in [1.54, 1.807) is 18.3 Å². The number of aromatic nitrogens is 1. The van der Waals surface area contributed by atoms with Gasteiger partial charge in [0.25, 0.3) is 0 Å². The molecule has 3 N–H and O–H groups in total. The lowest BCUT2D eigenvalue weighted by molar-refractivity contribution is 0.318. The maximum atomic E-state index is 8.80. The maximum Gasteiger partial charge on any atom is 0.172 e. The summed E-state index contributed by atoms with van der Waals surface area (Å²) in [5.41, 5.74) is 8.66. The van der Waals surface area contributed by atoms with E-state index in [9.17, 15) is 0 Å². The maximum absolute atomic E-state index is 8.80. The van der Waals surface area contributed by atoms with Crippen molar-refractivity contribution < 1.29 is 5.21 Å². The molecule has 1 aromatic heterocycles. The number of pyridine rings is 1. The third kappa shape index (κ3) is 3.06. The highest BCUT2D eigenvalue weighted by Gasteiger charge is 2.10. The monoisotopic (exact) mass is 273 g/mol. The van der Waals surface area contributed by atoms with Gasteiger partial charge in [-0.15, -0.1) is 0 Å². The van der Waals surface area contributed by atoms with Gasteiger partial charge in [0.15, 0.2) is 5.84 Å². The number of aryl methyl sites for hydroxylation is 2. The number of amidine groups is 1. The van der Waals surface area contributed by atoms with Crippen molar-refractivity contribution in [2.24, 2.45) is 10.9 Å². The Bertz CT molecular complexity index is 626. The van der Waals surface area contributed by atoms with Crippen LogP contribution in [0, 0.1) is 13.8 Å². The Labute approximate surface area is 116 Å². The zero-order valence-electron chi connectivity index (χ0n) is 10.8. The van der Waals surface area contributed by atoms with Crippen molar-refractivity contribution in [3.63, 3.8) is 0 Å². The number of nitrogens with zero attached hydrogens (tertiary/aromatic N) is 2. The topological polar surface area (TPSA) is 71.5 Å². The van der Waals surface area contributed by atoms with Gasteiger partial charge in [-0.25, -0.2) is 4.98 Å². The highest BCUT2D eigenvalue weighted by molar-refractivity contribution is 7.99. The summed E-state index contributed by atoms with van der Waals surface area (Å²) in [4.78, 5) is 5.42. The van der Waals surface area contributed by atoms with Gasteiger partial charge < -0.3 is 10.9 Å². The molecule has 0 amide bonds. The highest BCUT2D eigenvalue weighted by atomic mass is 32.2. The fourth-order valence-electron chi connectivity index (χ4n) is 1.64. The van der Waals surface area contributed by atoms with E-state index in [1.165, 1.54) is 22.9 Å². The van der Waals surface area contributed by atoms with Crippen molar-refractivity contribution in [3.05, 3.63) is 53.2 Å². The van der Waals surface area contributed by atoms with Crippen LogP contribution >= 0.6 is 11.8 Å². The third-order valence-corrected chi connectivity index (χ3v) is 3.88. The fourth-order valence-corrected chi connectivity index (χ4v) is 2.72. The Hall–Kier alpha value is -2.01. The van der Waals surface area contributed by atoms with E-state index in [0.29, 0.717) is 5.56 Å². The number of hydrogen-bond donors (Lipinski definition) is 2. The summed E-state index contributed by atoms with van der Waals surface area (Å²) in [5, 5.41) is 12.6. The van der Waals surface area contributed by atoms with Crippen LogP contribution in [0.5, 0.6) is 0 Å². The lowest BCUT2D eigenvalue weighted by Gasteiger charge is -2.09. The summed E-state index contributed by atoms with van der Waals surface area (Å²) in [6, 6.07) is 9.80. The smallest absolute Gasteiger partial charge is 0.172 e. The van der Waals surface area contributed by atoms with Crippen LogP contribution in [0.25, 0.3) is 0 Å². The summed E-state index contributed by atoms with van der Waals surface area (Å²) < 4.78 is 0. The predicted molar refractivity (Wildman–Crippen MR) is 76.8 cm³/mol. The molecule has 2 rings (SSSR count). The zero-order valence-corrected chi connectivity index (χ0v) is 11.6. The van der Waals surface area contributed by atoms with E-state index in [2.05, 4.69) is 28.3 Å². The first-order valence-electron chi connectivity index (χ1n) is 5.80. The molecular weight excluding hydrogens is 258 g/mol. The predicted octanol–water partition coefficient (Wildman–Crippen LogP) is 2.94. The molecule has 0 fully saturated rings. The molecular formula is C14H15N3OS. The van der Waals surface area contributed by atoms with Crippen LogP contribution in [-0.4, -0.2) is 16.0 Å². The van der Waals surface area contributed by atoms with Gasteiger partial charge in [-0.2, -0.15) is 0 Å². The Balaban J connectivity index is 2.41. The van der Waals surface area contributed by atoms with Crippen LogP contribution in [0.2, 0.25) is 0 Å². The van der Waals surface area contributed by atoms with Crippen LogP contribution in [0.3, 0.4) is 0 Å². The number of nitrogens with two attached hydrogens (primary N) is 1. The SMILES string of the molecule is Cc1ccc(C)c(Sc2ncccc2/C(N)=N/O)c1. The van der Waals surface area contributed by atoms with Crippen molar-refractivity contribution >= 4 is 17.6 Å². The molecule has 0 aliphatic heterocycles. The molecule has 0 bridgehead atoms. The Morgan fingerprint density at radius 2 is 2.11 bits per heavy atom. The molecule has 98 valence electrons. The van der Waals surface area contributed by atoms with Gasteiger partial charge in [0.2, 0.25) is 0 Å². The molecule has 0 aliphatic carbocycles. The average molecular weight is 273 g/mol. The Morgan fingerprint density at radius 3 is 2.84 bits per heavy atom. The summed E-state index contributed by atoms with van der Waals surface area (Å²) in [7, 11) is 0. The molecule has 0 atom stereocenters. The number of hydrogen-bond acceptors (Lipinski definition) is 4. The van der Waals surface area contributed by atoms with Gasteiger partial charge in [0, 0.05) is 11.1 Å². The average Bonchev–Trinajstić information content (AvgIpc) is 2.42. The largest absolute Gasteiger partial charge is 0.409 e. The lowest BCUT2D eigenvalue weighted by Crippen LogP contribution is -2.14. The Kier molecular flexibility index (Phi) is 4.06. The minimum atomic E-state index is 0.0703. The standard InChI is InChI=1S/C14H15N3OS/c1-9-5-6-10(2)12(8-9)19-14-11(13(15)17-18)4-3-7-16-14/h3-8,18H,1-2H3,(H2,15,17). The van der Waals surface area contributed by atoms with Crippen molar-refractivity contribution in [1.29, 1.82) is 0 Å². The molecule has 0 radical (unpaired) electrons. The van der Waals surface area contributed by atoms with Gasteiger partial charge in [-0.05, 0) is 43.2 Å². The van der Waals surface area contributed by atoms with Crippen LogP contribution in [-0.2, 0) is 0 Å². The Morgan fingerprint density at radius 1 is 1.32 bits per heavy atom. The second-order valence-electron chi connectivity index (χ2n) is 4.21. The van der Waals surface area contributed by atoms with E-state index in [0.717, 1.165) is 9.92 Å². The van der Waals surface area contributed by atoms with Crippen LogP contribution in [0.1, 0.15) is 16.7 Å². The van der Waals surface area contributed by atoms with Crippen LogP contribution < -0.4 is 5.73 Å². The van der Waals surface area contributed by atoms with Gasteiger partial charge in [-0.3, -0.25) is 0 Å². The lowest BCUT2D eigenvalue weighted by atomic mass is 10.2. The molecule has 2 aromatic rings. The molecule has 0 saturated heterocycles. The molecule has 1 heterocycles. The summed E-state index contributed by atoms with van der Waals surface area (Å²) in [5.74, 6) is 0.0703. The first kappa shape index (κ1) is 13.4. The quantitative estimate of drug-likeness (QED) is 0.390. The minimum absolute atomic E-state index is 0.0703. The van der Waals surface area contributed by atoms with E-state index in [-0.39, 0.29) is 5.84 Å². The molecule has 19 heavy (non-hydrogen) atoms. The van der Waals surface area contributed by atoms with E-state index in [1.807, 2.05) is 13.8 Å². The van der Waals surface area contributed by atoms with Crippen molar-refractivity contribution in [2.75, 3.05) is 0 Å². The van der Waals surface area contributed by atoms with Gasteiger partial charge in [0.1, 0.15) is 5.03 Å². The van der Waals surface area contributed by atoms with E-state index < -0.39 is 0 Å². The zero-order chi connectivity index (χ0) is 13.8. The number of rotatable bonds is 3. The minimum Gasteiger partial charge on any atom is -0.409 e. The molecule has 0 saturated carbocycles. The molecule has 4 nitrogen and oxygen atoms in total. The third-order valence-electron chi connectivity index (χ3n) is 2.71. The fraction of sp³-hybridized carbons (Fsp3) is 0.143. The van der Waals surface area contributed by atoms with E-state index in [4.69, 9.17) is 10.9 Å². The molecule has 0 unspecified atom stereocenters. The van der Waals surface area contributed by atoms with Crippen molar-refractivity contribution in [2.45, 2.75) is 23.8 Å². The van der Waals surface area contributed by atoms with Crippen molar-refractivity contribution in [3.8, 4) is 0 Å². The van der Waals surface area contributed by atoms with Crippen LogP contribution in [0.4, 0.5) is 0 Å². The first-order valence-corrected chi connectivity index (χ1v) is 6.61. The van der Waals surface area contributed by atoms with Gasteiger partial charge >= 0.3 is 0 Å².